The van der Waals surface area contributed by atoms with E-state index in [1.165, 1.54) is 44.7 Å². The van der Waals surface area contributed by atoms with Gasteiger partial charge in [0.05, 0.1) is 31.7 Å². The van der Waals surface area contributed by atoms with Gasteiger partial charge in [-0.1, -0.05) is 44.2 Å². The highest BCUT2D eigenvalue weighted by Crippen LogP contribution is 2.37. The average Bonchev–Trinajstić information content (AvgIpc) is 3.65. The van der Waals surface area contributed by atoms with Crippen LogP contribution >= 0.6 is 0 Å². The summed E-state index contributed by atoms with van der Waals surface area (Å²) in [5.74, 6) is 4.18. The summed E-state index contributed by atoms with van der Waals surface area (Å²) >= 11 is 0. The van der Waals surface area contributed by atoms with Crippen LogP contribution in [0.5, 0.6) is 11.5 Å². The molecule has 2 aromatic carbocycles. The Bertz CT molecular complexity index is 1810. The van der Waals surface area contributed by atoms with Crippen LogP contribution in [0.25, 0.3) is 5.57 Å². The van der Waals surface area contributed by atoms with E-state index in [2.05, 4.69) is 69.8 Å². The van der Waals surface area contributed by atoms with Gasteiger partial charge in [0.1, 0.15) is 11.5 Å². The fraction of sp³-hybridized carbons (Fsp3) is 0.314. The highest BCUT2D eigenvalue weighted by molar-refractivity contribution is 6.29. The van der Waals surface area contributed by atoms with Crippen molar-refractivity contribution in [1.29, 1.82) is 0 Å². The molecule has 9 nitrogen and oxygen atoms in total. The SMILES string of the molecule is COc1ccc(OC)c(CNc2ccc3n2[B][N+]2=C([N+]4=NC(CC5CCCCC5)=C4)C=CC2=C3c2ccc(NC(C)=O)cc2)c1. The van der Waals surface area contributed by atoms with Gasteiger partial charge in [0, 0.05) is 52.7 Å². The molecule has 45 heavy (non-hydrogen) atoms. The Balaban J connectivity index is 1.22. The number of carbonyl (C=O) groups is 1. The molecular formula is C35H38BN6O3+2. The van der Waals surface area contributed by atoms with Crippen molar-refractivity contribution in [2.75, 3.05) is 24.9 Å². The first-order chi connectivity index (χ1) is 22.0. The Kier molecular flexibility index (Phi) is 7.87. The first-order valence-corrected chi connectivity index (χ1v) is 15.7. The minimum Gasteiger partial charge on any atom is -0.497 e. The number of azo groups is 2. The maximum atomic E-state index is 11.6. The van der Waals surface area contributed by atoms with Crippen molar-refractivity contribution in [3.05, 3.63) is 101 Å². The molecule has 0 unspecified atom stereocenters. The van der Waals surface area contributed by atoms with Gasteiger partial charge in [-0.2, -0.15) is 4.49 Å². The zero-order chi connectivity index (χ0) is 30.9. The van der Waals surface area contributed by atoms with Crippen LogP contribution < -0.4 is 20.1 Å². The number of methoxy groups -OCH3 is 2. The quantitative estimate of drug-likeness (QED) is 0.217. The summed E-state index contributed by atoms with van der Waals surface area (Å²) < 4.78 is 17.5. The third-order valence-electron chi connectivity index (χ3n) is 8.96. The fourth-order valence-corrected chi connectivity index (χ4v) is 6.72. The van der Waals surface area contributed by atoms with Crippen LogP contribution in [-0.4, -0.2) is 47.2 Å². The Morgan fingerprint density at radius 3 is 2.56 bits per heavy atom. The molecule has 227 valence electrons. The molecule has 10 heteroatoms. The van der Waals surface area contributed by atoms with E-state index in [4.69, 9.17) is 14.6 Å². The van der Waals surface area contributed by atoms with Gasteiger partial charge in [-0.15, -0.1) is 0 Å². The van der Waals surface area contributed by atoms with Crippen LogP contribution in [-0.2, 0) is 11.3 Å². The van der Waals surface area contributed by atoms with Crippen molar-refractivity contribution in [3.63, 3.8) is 0 Å². The lowest BCUT2D eigenvalue weighted by atomic mass is 9.86. The predicted molar refractivity (Wildman–Crippen MR) is 176 cm³/mol. The van der Waals surface area contributed by atoms with Crippen molar-refractivity contribution in [2.24, 2.45) is 11.0 Å². The van der Waals surface area contributed by atoms with Crippen molar-refractivity contribution in [2.45, 2.75) is 52.0 Å². The maximum absolute atomic E-state index is 11.6. The maximum Gasteiger partial charge on any atom is 0.706 e. The number of aromatic nitrogens is 1. The number of carbonyl (C=O) groups excluding carboxylic acids is 1. The molecule has 3 aromatic rings. The molecule has 7 rings (SSSR count). The summed E-state index contributed by atoms with van der Waals surface area (Å²) in [6, 6.07) is 18.1. The fourth-order valence-electron chi connectivity index (χ4n) is 6.72. The smallest absolute Gasteiger partial charge is 0.497 e. The van der Waals surface area contributed by atoms with Gasteiger partial charge >= 0.3 is 13.4 Å². The molecular weight excluding hydrogens is 563 g/mol. The van der Waals surface area contributed by atoms with Gasteiger partial charge in [-0.3, -0.25) is 4.79 Å². The van der Waals surface area contributed by atoms with E-state index in [0.29, 0.717) is 6.54 Å². The summed E-state index contributed by atoms with van der Waals surface area (Å²) in [6.45, 7) is 2.07. The predicted octanol–water partition coefficient (Wildman–Crippen LogP) is 6.50. The minimum absolute atomic E-state index is 0.0901. The lowest BCUT2D eigenvalue weighted by Gasteiger charge is -2.21. The first kappa shape index (κ1) is 28.9. The lowest BCUT2D eigenvalue weighted by molar-refractivity contribution is -0.490. The van der Waals surface area contributed by atoms with Crippen molar-refractivity contribution >= 4 is 36.4 Å². The van der Waals surface area contributed by atoms with Gasteiger partial charge in [0.15, 0.2) is 11.4 Å². The van der Waals surface area contributed by atoms with E-state index in [0.717, 1.165) is 69.3 Å². The second-order valence-electron chi connectivity index (χ2n) is 12.0. The number of benzene rings is 2. The van der Waals surface area contributed by atoms with Gasteiger partial charge in [-0.05, 0) is 53.9 Å². The zero-order valence-corrected chi connectivity index (χ0v) is 26.0. The molecule has 0 spiro atoms. The molecule has 1 amide bonds. The number of allylic oxidation sites excluding steroid dienone is 2. The van der Waals surface area contributed by atoms with E-state index in [1.54, 1.807) is 14.2 Å². The monoisotopic (exact) mass is 601 g/mol. The standard InChI is InChI=1S/C35H37BN6O3/c1-23(43)38-27-11-9-25(10-12-27)35-30-14-17-33(37-21-26-20-29(44-2)13-16-32(26)45-3)41(30)36-42-31(35)15-18-34(42)40-22-28(39-40)19-24-7-5-4-6-8-24/h9-18,20,22,24H,4-8,19,21H2,1-3H3,(H-,37,38,39,43)/q+1/p+1. The largest absolute Gasteiger partial charge is 0.706 e. The van der Waals surface area contributed by atoms with Crippen molar-refractivity contribution < 1.29 is 23.5 Å². The molecule has 4 heterocycles. The van der Waals surface area contributed by atoms with E-state index < -0.39 is 0 Å². The first-order valence-electron chi connectivity index (χ1n) is 15.7. The van der Waals surface area contributed by atoms with Crippen LogP contribution in [0.3, 0.4) is 0 Å². The molecule has 1 saturated carbocycles. The third-order valence-corrected chi connectivity index (χ3v) is 8.96. The highest BCUT2D eigenvalue weighted by atomic mass is 16.5. The Labute approximate surface area is 264 Å². The molecule has 1 fully saturated rings. The normalized spacial score (nSPS) is 17.1. The Morgan fingerprint density at radius 1 is 1.02 bits per heavy atom. The van der Waals surface area contributed by atoms with E-state index in [1.807, 2.05) is 35.0 Å². The topological polar surface area (TPSA) is 82.9 Å². The number of rotatable bonds is 9. The van der Waals surface area contributed by atoms with Crippen LogP contribution in [0.2, 0.25) is 0 Å². The molecule has 1 radical (unpaired) electrons. The number of anilines is 2. The van der Waals surface area contributed by atoms with Crippen LogP contribution in [0.4, 0.5) is 11.5 Å². The molecule has 0 bridgehead atoms. The second kappa shape index (κ2) is 12.3. The lowest BCUT2D eigenvalue weighted by Crippen LogP contribution is -2.36. The number of ether oxygens (including phenoxy) is 2. The van der Waals surface area contributed by atoms with Crippen molar-refractivity contribution in [1.82, 2.24) is 4.48 Å². The third kappa shape index (κ3) is 5.72. The van der Waals surface area contributed by atoms with Gasteiger partial charge in [0.2, 0.25) is 12.1 Å². The van der Waals surface area contributed by atoms with Crippen LogP contribution in [0.1, 0.15) is 62.3 Å². The summed E-state index contributed by atoms with van der Waals surface area (Å²) in [5, 5.41) is 11.4. The molecule has 0 atom stereocenters. The second-order valence-corrected chi connectivity index (χ2v) is 12.0. The summed E-state index contributed by atoms with van der Waals surface area (Å²) in [4.78, 5) is 11.6. The molecule has 2 N–H and O–H groups in total. The average molecular weight is 602 g/mol. The van der Waals surface area contributed by atoms with E-state index >= 15 is 0 Å². The summed E-state index contributed by atoms with van der Waals surface area (Å²) in [7, 11) is 5.48. The zero-order valence-electron chi connectivity index (χ0n) is 26.0. The summed E-state index contributed by atoms with van der Waals surface area (Å²) in [6.07, 6.45) is 14.2. The summed E-state index contributed by atoms with van der Waals surface area (Å²) in [5.41, 5.74) is 7.24. The number of amidine groups is 1. The Morgan fingerprint density at radius 2 is 1.82 bits per heavy atom. The number of hydrogen-bond donors (Lipinski definition) is 2. The number of hydrogen-bond acceptors (Lipinski definition) is 5. The molecule has 0 saturated heterocycles. The van der Waals surface area contributed by atoms with Crippen molar-refractivity contribution in [3.8, 4) is 11.5 Å². The van der Waals surface area contributed by atoms with Crippen LogP contribution in [0, 0.1) is 5.92 Å². The minimum atomic E-state index is -0.0901. The highest BCUT2D eigenvalue weighted by Gasteiger charge is 2.45. The molecule has 3 aliphatic heterocycles. The van der Waals surface area contributed by atoms with Gasteiger partial charge < -0.3 is 24.6 Å². The molecule has 1 aromatic heterocycles. The Hall–Kier alpha value is -4.86. The van der Waals surface area contributed by atoms with E-state index in [-0.39, 0.29) is 5.91 Å². The van der Waals surface area contributed by atoms with Crippen LogP contribution in [0.15, 0.2) is 89.5 Å². The number of nitrogens with zero attached hydrogens (tertiary/aromatic N) is 4. The van der Waals surface area contributed by atoms with Gasteiger partial charge in [-0.25, -0.2) is 0 Å². The van der Waals surface area contributed by atoms with Gasteiger partial charge in [0.25, 0.3) is 0 Å². The molecule has 1 aliphatic carbocycles. The number of fused-ring (bicyclic) bond motifs is 2. The number of nitrogens with one attached hydrogen (secondary N) is 2. The molecule has 4 aliphatic rings. The van der Waals surface area contributed by atoms with E-state index in [9.17, 15) is 4.79 Å². The number of amides is 1.